The summed E-state index contributed by atoms with van der Waals surface area (Å²) in [7, 11) is 0. The molecule has 0 aliphatic rings. The zero-order valence-electron chi connectivity index (χ0n) is 9.13. The molecule has 0 aliphatic carbocycles. The highest BCUT2D eigenvalue weighted by Gasteiger charge is 2.14. The van der Waals surface area contributed by atoms with Gasteiger partial charge in [-0.3, -0.25) is 9.78 Å². The summed E-state index contributed by atoms with van der Waals surface area (Å²) in [6.07, 6.45) is 2.97. The molecule has 1 heterocycles. The number of aromatic nitrogens is 1. The van der Waals surface area contributed by atoms with Crippen molar-refractivity contribution in [3.8, 4) is 0 Å². The zero-order chi connectivity index (χ0) is 13.0. The monoisotopic (exact) mass is 302 g/mol. The molecule has 18 heavy (non-hydrogen) atoms. The van der Waals surface area contributed by atoms with Gasteiger partial charge in [-0.1, -0.05) is 22.0 Å². The Morgan fingerprint density at radius 3 is 2.78 bits per heavy atom. The summed E-state index contributed by atoms with van der Waals surface area (Å²) in [5.74, 6) is -0.286. The molecule has 0 spiro atoms. The maximum Gasteiger partial charge on any atom is 0.240 e. The third-order valence-electron chi connectivity index (χ3n) is 2.27. The smallest absolute Gasteiger partial charge is 0.240 e. The number of pyridine rings is 1. The maximum atomic E-state index is 12.2. The molecule has 0 N–H and O–H groups in total. The molecule has 5 heteroatoms. The fourth-order valence-corrected chi connectivity index (χ4v) is 1.83. The van der Waals surface area contributed by atoms with Gasteiger partial charge in [0, 0.05) is 10.7 Å². The number of hydrogen-bond acceptors (Lipinski definition) is 4. The van der Waals surface area contributed by atoms with Crippen LogP contribution < -0.4 is 0 Å². The minimum Gasteiger partial charge on any atom is -0.287 e. The summed E-state index contributed by atoms with van der Waals surface area (Å²) >= 11 is 3.28. The van der Waals surface area contributed by atoms with E-state index in [1.165, 1.54) is 12.3 Å². The molecule has 0 saturated carbocycles. The van der Waals surface area contributed by atoms with Crippen LogP contribution in [0.25, 0.3) is 0 Å². The third-order valence-corrected chi connectivity index (χ3v) is 2.76. The highest BCUT2D eigenvalue weighted by Crippen LogP contribution is 2.25. The summed E-state index contributed by atoms with van der Waals surface area (Å²) in [5, 5.41) is 0. The number of halogens is 1. The van der Waals surface area contributed by atoms with Crippen molar-refractivity contribution in [1.29, 1.82) is 0 Å². The number of isocyanates is 1. The summed E-state index contributed by atoms with van der Waals surface area (Å²) in [5.41, 5.74) is 0.897. The van der Waals surface area contributed by atoms with Crippen LogP contribution in [0, 0.1) is 0 Å². The Hall–Kier alpha value is -2.10. The van der Waals surface area contributed by atoms with Gasteiger partial charge < -0.3 is 0 Å². The van der Waals surface area contributed by atoms with Gasteiger partial charge in [-0.2, -0.15) is 4.99 Å². The van der Waals surface area contributed by atoms with E-state index >= 15 is 0 Å². The second kappa shape index (κ2) is 5.49. The van der Waals surface area contributed by atoms with Crippen LogP contribution in [0.3, 0.4) is 0 Å². The first-order chi connectivity index (χ1) is 8.72. The molecule has 2 aromatic rings. The first kappa shape index (κ1) is 12.4. The molecule has 0 fully saturated rings. The number of carbonyl (C=O) groups is 1. The Bertz CT molecular complexity index is 635. The second-order valence-electron chi connectivity index (χ2n) is 3.41. The van der Waals surface area contributed by atoms with Crippen molar-refractivity contribution >= 4 is 33.5 Å². The van der Waals surface area contributed by atoms with Crippen molar-refractivity contribution in [2.75, 3.05) is 0 Å². The number of rotatable bonds is 3. The Labute approximate surface area is 112 Å². The lowest BCUT2D eigenvalue weighted by atomic mass is 10.1. The lowest BCUT2D eigenvalue weighted by Crippen LogP contribution is -2.03. The lowest BCUT2D eigenvalue weighted by molar-refractivity contribution is 0.103. The summed E-state index contributed by atoms with van der Waals surface area (Å²) < 4.78 is 0.728. The maximum absolute atomic E-state index is 12.2. The topological polar surface area (TPSA) is 59.4 Å². The highest BCUT2D eigenvalue weighted by atomic mass is 79.9. The van der Waals surface area contributed by atoms with Crippen LogP contribution in [-0.2, 0) is 4.79 Å². The molecule has 0 atom stereocenters. The van der Waals surface area contributed by atoms with E-state index in [0.717, 1.165) is 4.47 Å². The van der Waals surface area contributed by atoms with Gasteiger partial charge in [-0.15, -0.1) is 0 Å². The first-order valence-corrected chi connectivity index (χ1v) is 5.85. The van der Waals surface area contributed by atoms with Gasteiger partial charge >= 0.3 is 0 Å². The summed E-state index contributed by atoms with van der Waals surface area (Å²) in [6, 6.07) is 9.93. The van der Waals surface area contributed by atoms with E-state index in [9.17, 15) is 9.59 Å². The predicted octanol–water partition coefficient (Wildman–Crippen LogP) is 3.04. The Morgan fingerprint density at radius 2 is 2.11 bits per heavy atom. The van der Waals surface area contributed by atoms with E-state index in [0.29, 0.717) is 11.3 Å². The van der Waals surface area contributed by atoms with Gasteiger partial charge in [0.2, 0.25) is 11.9 Å². The van der Waals surface area contributed by atoms with Gasteiger partial charge in [0.25, 0.3) is 0 Å². The average molecular weight is 303 g/mol. The van der Waals surface area contributed by atoms with Crippen LogP contribution in [0.5, 0.6) is 0 Å². The van der Waals surface area contributed by atoms with Crippen LogP contribution in [0.4, 0.5) is 5.69 Å². The Balaban J connectivity index is 2.53. The number of carbonyl (C=O) groups excluding carboxylic acids is 2. The largest absolute Gasteiger partial charge is 0.287 e. The summed E-state index contributed by atoms with van der Waals surface area (Å²) in [4.78, 5) is 30.1. The molecule has 0 aliphatic heterocycles. The van der Waals surface area contributed by atoms with E-state index in [-0.39, 0.29) is 11.5 Å². The lowest BCUT2D eigenvalue weighted by Gasteiger charge is -2.03. The number of ketones is 1. The Morgan fingerprint density at radius 1 is 1.28 bits per heavy atom. The zero-order valence-corrected chi connectivity index (χ0v) is 10.7. The number of benzene rings is 1. The number of nitrogens with zero attached hydrogens (tertiary/aromatic N) is 2. The number of aliphatic imine (C=N–C) groups is 1. The fraction of sp³-hybridized carbons (Fsp3) is 0. The van der Waals surface area contributed by atoms with Crippen molar-refractivity contribution in [3.05, 3.63) is 58.3 Å². The van der Waals surface area contributed by atoms with Crippen LogP contribution >= 0.6 is 15.9 Å². The van der Waals surface area contributed by atoms with E-state index in [1.807, 2.05) is 0 Å². The van der Waals surface area contributed by atoms with E-state index in [2.05, 4.69) is 25.9 Å². The average Bonchev–Trinajstić information content (AvgIpc) is 2.41. The van der Waals surface area contributed by atoms with E-state index in [1.54, 1.807) is 36.4 Å². The molecular weight excluding hydrogens is 296 g/mol. The van der Waals surface area contributed by atoms with Crippen LogP contribution in [0.15, 0.2) is 52.1 Å². The van der Waals surface area contributed by atoms with Crippen molar-refractivity contribution in [2.24, 2.45) is 4.99 Å². The van der Waals surface area contributed by atoms with Crippen molar-refractivity contribution < 1.29 is 9.59 Å². The molecule has 0 bridgehead atoms. The van der Waals surface area contributed by atoms with Crippen LogP contribution in [-0.4, -0.2) is 16.8 Å². The minimum atomic E-state index is -0.286. The predicted molar refractivity (Wildman–Crippen MR) is 69.6 cm³/mol. The van der Waals surface area contributed by atoms with Gasteiger partial charge in [0.1, 0.15) is 5.69 Å². The molecule has 0 saturated heterocycles. The molecule has 88 valence electrons. The minimum absolute atomic E-state index is 0.281. The van der Waals surface area contributed by atoms with Crippen LogP contribution in [0.2, 0.25) is 0 Å². The molecule has 1 aromatic carbocycles. The first-order valence-electron chi connectivity index (χ1n) is 5.05. The SMILES string of the molecule is O=C=Nc1ccc(Br)cc1C(=O)c1ccccn1. The normalized spacial score (nSPS) is 9.61. The quantitative estimate of drug-likeness (QED) is 0.497. The van der Waals surface area contributed by atoms with Gasteiger partial charge in [0.05, 0.1) is 11.3 Å². The molecule has 0 amide bonds. The second-order valence-corrected chi connectivity index (χ2v) is 4.32. The van der Waals surface area contributed by atoms with E-state index < -0.39 is 0 Å². The third kappa shape index (κ3) is 2.59. The molecule has 0 radical (unpaired) electrons. The molecule has 0 unspecified atom stereocenters. The number of hydrogen-bond donors (Lipinski definition) is 0. The fourth-order valence-electron chi connectivity index (χ4n) is 1.47. The standard InChI is InChI=1S/C13H7BrN2O2/c14-9-4-5-11(16-8-17)10(7-9)13(18)12-3-1-2-6-15-12/h1-7H. The van der Waals surface area contributed by atoms with Crippen molar-refractivity contribution in [1.82, 2.24) is 4.98 Å². The highest BCUT2D eigenvalue weighted by molar-refractivity contribution is 9.10. The molecule has 2 rings (SSSR count). The molecule has 4 nitrogen and oxygen atoms in total. The molecular formula is C13H7BrN2O2. The van der Waals surface area contributed by atoms with Gasteiger partial charge in [0.15, 0.2) is 0 Å². The van der Waals surface area contributed by atoms with Crippen LogP contribution in [0.1, 0.15) is 16.1 Å². The molecule has 1 aromatic heterocycles. The van der Waals surface area contributed by atoms with E-state index in [4.69, 9.17) is 0 Å². The van der Waals surface area contributed by atoms with Crippen molar-refractivity contribution in [2.45, 2.75) is 0 Å². The Kier molecular flexibility index (Phi) is 3.77. The van der Waals surface area contributed by atoms with Gasteiger partial charge in [-0.25, -0.2) is 4.79 Å². The van der Waals surface area contributed by atoms with Gasteiger partial charge in [-0.05, 0) is 30.3 Å². The van der Waals surface area contributed by atoms with Crippen molar-refractivity contribution in [3.63, 3.8) is 0 Å². The summed E-state index contributed by atoms with van der Waals surface area (Å²) in [6.45, 7) is 0.